The molecule has 0 aliphatic heterocycles. The standard InChI is InChI=1S/C13H23NO3/c1-4-12(15)6-7-13(16)14-8-5-9-17-10-11(2)3/h6-7,11H,4-5,8-10H2,1-3H3,(H,14,16)/b7-6-. The number of hydrogen-bond acceptors (Lipinski definition) is 3. The molecule has 1 amide bonds. The van der Waals surface area contributed by atoms with Crippen LogP contribution < -0.4 is 5.32 Å². The third-order valence-electron chi connectivity index (χ3n) is 1.98. The van der Waals surface area contributed by atoms with Crippen LogP contribution in [0.5, 0.6) is 0 Å². The summed E-state index contributed by atoms with van der Waals surface area (Å²) in [6.07, 6.45) is 3.80. The summed E-state index contributed by atoms with van der Waals surface area (Å²) in [5.41, 5.74) is 0. The van der Waals surface area contributed by atoms with Gasteiger partial charge in [-0.2, -0.15) is 0 Å². The highest BCUT2D eigenvalue weighted by Crippen LogP contribution is 1.92. The SMILES string of the molecule is CCC(=O)/C=C\C(=O)NCCCOCC(C)C. The van der Waals surface area contributed by atoms with Crippen molar-refractivity contribution in [2.45, 2.75) is 33.6 Å². The number of carbonyl (C=O) groups is 2. The second kappa shape index (κ2) is 10.0. The Kier molecular flexibility index (Phi) is 9.34. The summed E-state index contributed by atoms with van der Waals surface area (Å²) in [6.45, 7) is 7.92. The summed E-state index contributed by atoms with van der Waals surface area (Å²) in [6, 6.07) is 0. The minimum Gasteiger partial charge on any atom is -0.381 e. The maximum atomic E-state index is 11.2. The van der Waals surface area contributed by atoms with Gasteiger partial charge in [-0.15, -0.1) is 0 Å². The maximum absolute atomic E-state index is 11.2. The van der Waals surface area contributed by atoms with Gasteiger partial charge in [-0.05, 0) is 18.4 Å². The van der Waals surface area contributed by atoms with Crippen LogP contribution in [0.2, 0.25) is 0 Å². The lowest BCUT2D eigenvalue weighted by atomic mass is 10.2. The molecule has 0 atom stereocenters. The van der Waals surface area contributed by atoms with E-state index in [0.29, 0.717) is 25.5 Å². The Morgan fingerprint density at radius 1 is 1.29 bits per heavy atom. The maximum Gasteiger partial charge on any atom is 0.244 e. The van der Waals surface area contributed by atoms with Crippen LogP contribution in [0, 0.1) is 5.92 Å². The minimum absolute atomic E-state index is 0.0413. The molecule has 0 aliphatic rings. The first kappa shape index (κ1) is 15.8. The first-order valence-electron chi connectivity index (χ1n) is 6.12. The number of carbonyl (C=O) groups excluding carboxylic acids is 2. The summed E-state index contributed by atoms with van der Waals surface area (Å²) in [5.74, 6) is 0.267. The quantitative estimate of drug-likeness (QED) is 0.494. The lowest BCUT2D eigenvalue weighted by Crippen LogP contribution is -2.23. The average molecular weight is 241 g/mol. The second-order valence-corrected chi connectivity index (χ2v) is 4.27. The van der Waals surface area contributed by atoms with Crippen molar-refractivity contribution in [3.05, 3.63) is 12.2 Å². The third kappa shape index (κ3) is 11.1. The van der Waals surface area contributed by atoms with E-state index in [1.165, 1.54) is 12.2 Å². The van der Waals surface area contributed by atoms with Crippen molar-refractivity contribution in [3.63, 3.8) is 0 Å². The molecule has 4 heteroatoms. The fourth-order valence-electron chi connectivity index (χ4n) is 1.05. The van der Waals surface area contributed by atoms with Gasteiger partial charge in [0.1, 0.15) is 0 Å². The highest BCUT2D eigenvalue weighted by Gasteiger charge is 1.97. The van der Waals surface area contributed by atoms with E-state index in [-0.39, 0.29) is 11.7 Å². The predicted octanol–water partition coefficient (Wildman–Crippen LogP) is 1.70. The number of hydrogen-bond donors (Lipinski definition) is 1. The van der Waals surface area contributed by atoms with Crippen LogP contribution in [0.25, 0.3) is 0 Å². The van der Waals surface area contributed by atoms with Crippen LogP contribution in [0.3, 0.4) is 0 Å². The van der Waals surface area contributed by atoms with Gasteiger partial charge in [0.2, 0.25) is 5.91 Å². The number of ether oxygens (including phenoxy) is 1. The minimum atomic E-state index is -0.226. The van der Waals surface area contributed by atoms with Gasteiger partial charge in [0, 0.05) is 32.3 Å². The van der Waals surface area contributed by atoms with E-state index in [4.69, 9.17) is 4.74 Å². The van der Waals surface area contributed by atoms with Crippen LogP contribution in [0.15, 0.2) is 12.2 Å². The van der Waals surface area contributed by atoms with Crippen molar-refractivity contribution in [1.29, 1.82) is 0 Å². The van der Waals surface area contributed by atoms with E-state index in [9.17, 15) is 9.59 Å². The number of rotatable bonds is 9. The van der Waals surface area contributed by atoms with Crippen molar-refractivity contribution in [1.82, 2.24) is 5.32 Å². The van der Waals surface area contributed by atoms with E-state index in [2.05, 4.69) is 19.2 Å². The summed E-state index contributed by atoms with van der Waals surface area (Å²) in [5, 5.41) is 2.69. The molecule has 0 aromatic rings. The number of ketones is 1. The normalized spacial score (nSPS) is 11.1. The Hall–Kier alpha value is -1.16. The largest absolute Gasteiger partial charge is 0.381 e. The van der Waals surface area contributed by atoms with Crippen molar-refractivity contribution in [3.8, 4) is 0 Å². The first-order valence-corrected chi connectivity index (χ1v) is 6.12. The Labute approximate surface area is 103 Å². The van der Waals surface area contributed by atoms with Crippen molar-refractivity contribution in [2.75, 3.05) is 19.8 Å². The summed E-state index contributed by atoms with van der Waals surface area (Å²) >= 11 is 0. The van der Waals surface area contributed by atoms with Gasteiger partial charge in [-0.3, -0.25) is 9.59 Å². The van der Waals surface area contributed by atoms with Crippen LogP contribution in [0.4, 0.5) is 0 Å². The van der Waals surface area contributed by atoms with Gasteiger partial charge in [0.05, 0.1) is 0 Å². The Morgan fingerprint density at radius 2 is 2.00 bits per heavy atom. The van der Waals surface area contributed by atoms with E-state index in [0.717, 1.165) is 13.0 Å². The van der Waals surface area contributed by atoms with Crippen LogP contribution >= 0.6 is 0 Å². The highest BCUT2D eigenvalue weighted by molar-refractivity contribution is 5.97. The molecule has 0 saturated heterocycles. The molecule has 17 heavy (non-hydrogen) atoms. The molecular weight excluding hydrogens is 218 g/mol. The van der Waals surface area contributed by atoms with Crippen molar-refractivity contribution < 1.29 is 14.3 Å². The number of allylic oxidation sites excluding steroid dienone is 1. The molecule has 98 valence electrons. The fraction of sp³-hybridized carbons (Fsp3) is 0.692. The van der Waals surface area contributed by atoms with E-state index >= 15 is 0 Å². The highest BCUT2D eigenvalue weighted by atomic mass is 16.5. The molecule has 0 unspecified atom stereocenters. The smallest absolute Gasteiger partial charge is 0.244 e. The van der Waals surface area contributed by atoms with E-state index in [1.807, 2.05) is 0 Å². The molecular formula is C13H23NO3. The van der Waals surface area contributed by atoms with Gasteiger partial charge in [-0.25, -0.2) is 0 Å². The molecule has 4 nitrogen and oxygen atoms in total. The zero-order chi connectivity index (χ0) is 13.1. The van der Waals surface area contributed by atoms with E-state index in [1.54, 1.807) is 6.92 Å². The van der Waals surface area contributed by atoms with Gasteiger partial charge in [0.25, 0.3) is 0 Å². The summed E-state index contributed by atoms with van der Waals surface area (Å²) < 4.78 is 5.37. The Morgan fingerprint density at radius 3 is 2.59 bits per heavy atom. The second-order valence-electron chi connectivity index (χ2n) is 4.27. The molecule has 0 rings (SSSR count). The van der Waals surface area contributed by atoms with Crippen LogP contribution in [0.1, 0.15) is 33.6 Å². The monoisotopic (exact) mass is 241 g/mol. The van der Waals surface area contributed by atoms with Crippen LogP contribution in [-0.2, 0) is 14.3 Å². The average Bonchev–Trinajstić information content (AvgIpc) is 2.30. The Balaban J connectivity index is 3.45. The lowest BCUT2D eigenvalue weighted by Gasteiger charge is -2.06. The lowest BCUT2D eigenvalue weighted by molar-refractivity contribution is -0.117. The van der Waals surface area contributed by atoms with Crippen molar-refractivity contribution in [2.24, 2.45) is 5.92 Å². The van der Waals surface area contributed by atoms with Gasteiger partial charge in [0.15, 0.2) is 5.78 Å². The molecule has 0 bridgehead atoms. The molecule has 0 fully saturated rings. The molecule has 0 radical (unpaired) electrons. The molecule has 0 aromatic carbocycles. The third-order valence-corrected chi connectivity index (χ3v) is 1.98. The zero-order valence-electron chi connectivity index (χ0n) is 11.0. The fourth-order valence-corrected chi connectivity index (χ4v) is 1.05. The van der Waals surface area contributed by atoms with Gasteiger partial charge in [-0.1, -0.05) is 20.8 Å². The molecule has 0 saturated carbocycles. The predicted molar refractivity (Wildman–Crippen MR) is 67.7 cm³/mol. The van der Waals surface area contributed by atoms with Gasteiger partial charge < -0.3 is 10.1 Å². The summed E-state index contributed by atoms with van der Waals surface area (Å²) in [7, 11) is 0. The molecule has 1 N–H and O–H groups in total. The summed E-state index contributed by atoms with van der Waals surface area (Å²) in [4.78, 5) is 22.1. The topological polar surface area (TPSA) is 55.4 Å². The van der Waals surface area contributed by atoms with E-state index < -0.39 is 0 Å². The Bertz CT molecular complexity index is 259. The number of amides is 1. The molecule has 0 aromatic heterocycles. The van der Waals surface area contributed by atoms with Crippen molar-refractivity contribution >= 4 is 11.7 Å². The first-order chi connectivity index (χ1) is 8.06. The number of nitrogens with one attached hydrogen (secondary N) is 1. The molecule has 0 spiro atoms. The molecule has 0 heterocycles. The van der Waals surface area contributed by atoms with Crippen LogP contribution in [-0.4, -0.2) is 31.4 Å². The molecule has 0 aliphatic carbocycles. The zero-order valence-corrected chi connectivity index (χ0v) is 11.0. The van der Waals surface area contributed by atoms with Gasteiger partial charge >= 0.3 is 0 Å².